The van der Waals surface area contributed by atoms with E-state index < -0.39 is 5.97 Å². The number of hydrogen-bond donors (Lipinski definition) is 1. The Bertz CT molecular complexity index is 1320. The number of ether oxygens (including phenoxy) is 1. The Balaban J connectivity index is 0.00000248. The number of carbonyl (C=O) groups excluding carboxylic acids is 1. The van der Waals surface area contributed by atoms with Crippen LogP contribution in [0.5, 0.6) is 5.75 Å². The van der Waals surface area contributed by atoms with Gasteiger partial charge in [0.1, 0.15) is 12.3 Å². The summed E-state index contributed by atoms with van der Waals surface area (Å²) in [6.07, 6.45) is 10.4. The number of unbranched alkanes of at least 4 members (excludes halogenated alkanes) is 1. The molecule has 236 valence electrons. The van der Waals surface area contributed by atoms with E-state index in [4.69, 9.17) is 4.74 Å². The molecule has 1 N–H and O–H groups in total. The molecule has 6 heteroatoms. The molecule has 0 bridgehead atoms. The average Bonchev–Trinajstić information content (AvgIpc) is 3.33. The molecule has 1 aromatic heterocycles. The summed E-state index contributed by atoms with van der Waals surface area (Å²) in [7, 11) is 3.52. The van der Waals surface area contributed by atoms with Gasteiger partial charge in [0.2, 0.25) is 5.91 Å². The van der Waals surface area contributed by atoms with Crippen molar-refractivity contribution in [1.82, 2.24) is 9.47 Å². The molecule has 1 aliphatic rings. The highest BCUT2D eigenvalue weighted by Gasteiger charge is 2.27. The van der Waals surface area contributed by atoms with Crippen molar-refractivity contribution in [3.63, 3.8) is 0 Å². The molecular formula is C37H54N2O4. The topological polar surface area (TPSA) is 71.8 Å². The molecule has 1 aliphatic carbocycles. The van der Waals surface area contributed by atoms with Crippen molar-refractivity contribution in [2.24, 2.45) is 11.8 Å². The van der Waals surface area contributed by atoms with Crippen molar-refractivity contribution in [3.05, 3.63) is 53.6 Å². The zero-order chi connectivity index (χ0) is 31.5. The molecule has 0 spiro atoms. The van der Waals surface area contributed by atoms with Crippen LogP contribution in [0, 0.1) is 11.8 Å². The van der Waals surface area contributed by atoms with Crippen LogP contribution >= 0.6 is 0 Å². The van der Waals surface area contributed by atoms with E-state index in [1.165, 1.54) is 31.2 Å². The first-order valence-electron chi connectivity index (χ1n) is 16.6. The molecule has 1 fully saturated rings. The Morgan fingerprint density at radius 1 is 0.977 bits per heavy atom. The Labute approximate surface area is 259 Å². The van der Waals surface area contributed by atoms with Gasteiger partial charge in [0.15, 0.2) is 0 Å². The van der Waals surface area contributed by atoms with E-state index in [9.17, 15) is 14.7 Å². The fourth-order valence-corrected chi connectivity index (χ4v) is 6.33. The average molecular weight is 591 g/mol. The minimum atomic E-state index is -0.966. The molecule has 1 heterocycles. The monoisotopic (exact) mass is 590 g/mol. The first kappa shape index (κ1) is 34.2. The molecule has 1 unspecified atom stereocenters. The maximum absolute atomic E-state index is 13.1. The normalized spacial score (nSPS) is 17.2. The molecule has 0 radical (unpaired) electrons. The van der Waals surface area contributed by atoms with Crippen molar-refractivity contribution < 1.29 is 19.4 Å². The number of benzene rings is 2. The number of rotatable bonds is 13. The van der Waals surface area contributed by atoms with Gasteiger partial charge in [-0.1, -0.05) is 72.8 Å². The molecule has 1 atom stereocenters. The van der Waals surface area contributed by atoms with E-state index in [0.717, 1.165) is 72.5 Å². The predicted octanol–water partition coefficient (Wildman–Crippen LogP) is 9.40. The van der Waals surface area contributed by atoms with Crippen LogP contribution in [0.15, 0.2) is 42.5 Å². The first-order valence-corrected chi connectivity index (χ1v) is 16.6. The molecule has 43 heavy (non-hydrogen) atoms. The van der Waals surface area contributed by atoms with Gasteiger partial charge in [0.05, 0.1) is 23.4 Å². The van der Waals surface area contributed by atoms with Gasteiger partial charge < -0.3 is 19.3 Å². The van der Waals surface area contributed by atoms with Crippen molar-refractivity contribution >= 4 is 22.8 Å². The summed E-state index contributed by atoms with van der Waals surface area (Å²) in [5, 5.41) is 10.8. The molecule has 0 aliphatic heterocycles. The number of likely N-dealkylation sites (N-methyl/N-ethyl adjacent to an activating group) is 1. The maximum Gasteiger partial charge on any atom is 0.335 e. The van der Waals surface area contributed by atoms with E-state index in [-0.39, 0.29) is 18.0 Å². The predicted molar refractivity (Wildman–Crippen MR) is 178 cm³/mol. The first-order chi connectivity index (χ1) is 20.7. The molecule has 1 amide bonds. The van der Waals surface area contributed by atoms with Crippen LogP contribution in [0.2, 0.25) is 0 Å². The maximum atomic E-state index is 13.1. The minimum absolute atomic E-state index is 0.0298. The Kier molecular flexibility index (Phi) is 13.2. The largest absolute Gasteiger partial charge is 0.493 e. The molecule has 6 nitrogen and oxygen atoms in total. The van der Waals surface area contributed by atoms with Gasteiger partial charge in [0, 0.05) is 19.5 Å². The van der Waals surface area contributed by atoms with Crippen LogP contribution in [-0.4, -0.2) is 47.2 Å². The van der Waals surface area contributed by atoms with Gasteiger partial charge in [-0.15, -0.1) is 0 Å². The number of amides is 1. The van der Waals surface area contributed by atoms with Crippen molar-refractivity contribution in [2.75, 3.05) is 20.7 Å². The van der Waals surface area contributed by atoms with E-state index in [1.54, 1.807) is 31.1 Å². The van der Waals surface area contributed by atoms with Crippen molar-refractivity contribution in [1.29, 1.82) is 0 Å². The highest BCUT2D eigenvalue weighted by Crippen LogP contribution is 2.43. The van der Waals surface area contributed by atoms with E-state index in [2.05, 4.69) is 32.9 Å². The summed E-state index contributed by atoms with van der Waals surface area (Å²) in [6, 6.07) is 13.7. The van der Waals surface area contributed by atoms with E-state index in [0.29, 0.717) is 11.8 Å². The third-order valence-corrected chi connectivity index (χ3v) is 8.84. The van der Waals surface area contributed by atoms with Gasteiger partial charge in [0.25, 0.3) is 0 Å². The molecule has 3 aromatic rings. The summed E-state index contributed by atoms with van der Waals surface area (Å²) in [4.78, 5) is 26.7. The van der Waals surface area contributed by atoms with Crippen molar-refractivity contribution in [3.8, 4) is 17.0 Å². The molecule has 0 saturated heterocycles. The molecule has 1 saturated carbocycles. The van der Waals surface area contributed by atoms with Gasteiger partial charge in [-0.25, -0.2) is 4.79 Å². The van der Waals surface area contributed by atoms with Crippen LogP contribution in [0.4, 0.5) is 0 Å². The van der Waals surface area contributed by atoms with E-state index >= 15 is 0 Å². The Morgan fingerprint density at radius 3 is 2.23 bits per heavy atom. The Hall–Kier alpha value is -3.28. The van der Waals surface area contributed by atoms with Gasteiger partial charge in [-0.3, -0.25) is 4.79 Å². The SMILES string of the molecule is CC.CCCCC(CCC)c1c(-c2ccc(OCC3CCC(C)CC3)cc2)n(CC(=O)N(C)C)c2cc(C(=O)O)ccc12. The number of nitrogens with zero attached hydrogens (tertiary/aromatic N) is 2. The fraction of sp³-hybridized carbons (Fsp3) is 0.568. The van der Waals surface area contributed by atoms with Crippen LogP contribution in [-0.2, 0) is 11.3 Å². The Morgan fingerprint density at radius 2 is 1.65 bits per heavy atom. The summed E-state index contributed by atoms with van der Waals surface area (Å²) in [5.74, 6) is 1.63. The number of carboxylic acid groups (broad SMARTS) is 1. The summed E-state index contributed by atoms with van der Waals surface area (Å²) < 4.78 is 8.28. The highest BCUT2D eigenvalue weighted by molar-refractivity contribution is 5.99. The second kappa shape index (κ2) is 16.5. The number of fused-ring (bicyclic) bond motifs is 1. The quantitative estimate of drug-likeness (QED) is 0.215. The smallest absolute Gasteiger partial charge is 0.335 e. The lowest BCUT2D eigenvalue weighted by molar-refractivity contribution is -0.129. The number of carboxylic acids is 1. The molecule has 2 aromatic carbocycles. The van der Waals surface area contributed by atoms with Gasteiger partial charge >= 0.3 is 5.97 Å². The lowest BCUT2D eigenvalue weighted by Gasteiger charge is -2.26. The van der Waals surface area contributed by atoms with Gasteiger partial charge in [-0.05, 0) is 91.0 Å². The third kappa shape index (κ3) is 8.64. The molecule has 4 rings (SSSR count). The lowest BCUT2D eigenvalue weighted by Crippen LogP contribution is -2.26. The number of aromatic carboxylic acids is 1. The number of carbonyl (C=O) groups is 2. The number of aromatic nitrogens is 1. The minimum Gasteiger partial charge on any atom is -0.493 e. The third-order valence-electron chi connectivity index (χ3n) is 8.84. The zero-order valence-electron chi connectivity index (χ0n) is 27.6. The number of hydrogen-bond acceptors (Lipinski definition) is 3. The fourth-order valence-electron chi connectivity index (χ4n) is 6.33. The standard InChI is InChI=1S/C35H48N2O4.C2H6/c1-6-8-10-26(9-7-2)33-30-20-17-28(35(39)40)21-31(30)37(22-32(38)36(4)5)34(33)27-15-18-29(19-16-27)41-23-25-13-11-24(3)12-14-25;1-2/h15-21,24-26H,6-14,22-23H2,1-5H3,(H,39,40);1-2H3. The van der Waals surface area contributed by atoms with Crippen LogP contribution in [0.3, 0.4) is 0 Å². The second-order valence-electron chi connectivity index (χ2n) is 12.3. The summed E-state index contributed by atoms with van der Waals surface area (Å²) in [5.41, 5.74) is 4.29. The van der Waals surface area contributed by atoms with Crippen molar-refractivity contribution in [2.45, 2.75) is 105 Å². The zero-order valence-corrected chi connectivity index (χ0v) is 27.6. The highest BCUT2D eigenvalue weighted by atomic mass is 16.5. The van der Waals surface area contributed by atoms with Gasteiger partial charge in [-0.2, -0.15) is 0 Å². The van der Waals surface area contributed by atoms with Crippen LogP contribution < -0.4 is 4.74 Å². The van der Waals surface area contributed by atoms with Crippen LogP contribution in [0.1, 0.15) is 114 Å². The summed E-state index contributed by atoms with van der Waals surface area (Å²) in [6.45, 7) is 11.7. The summed E-state index contributed by atoms with van der Waals surface area (Å²) >= 11 is 0. The van der Waals surface area contributed by atoms with Crippen LogP contribution in [0.25, 0.3) is 22.2 Å². The van der Waals surface area contributed by atoms with E-state index in [1.807, 2.05) is 36.6 Å². The molecular weight excluding hydrogens is 536 g/mol. The lowest BCUT2D eigenvalue weighted by atomic mass is 9.83. The second-order valence-corrected chi connectivity index (χ2v) is 12.3.